The van der Waals surface area contributed by atoms with Gasteiger partial charge in [-0.2, -0.15) is 0 Å². The minimum atomic E-state index is -1.23. The van der Waals surface area contributed by atoms with Gasteiger partial charge in [0, 0.05) is 42.3 Å². The van der Waals surface area contributed by atoms with Gasteiger partial charge in [0.15, 0.2) is 17.9 Å². The van der Waals surface area contributed by atoms with Crippen molar-refractivity contribution in [1.82, 2.24) is 21.3 Å². The molecule has 0 saturated heterocycles. The Morgan fingerprint density at radius 2 is 1.03 bits per heavy atom. The number of ether oxygens (including phenoxy) is 1. The number of rotatable bonds is 25. The first-order valence-electron chi connectivity index (χ1n) is 20.4. The fourth-order valence-corrected chi connectivity index (χ4v) is 6.41. The zero-order valence-corrected chi connectivity index (χ0v) is 35.6. The number of guanidine groups is 3. The maximum absolute atomic E-state index is 14.2. The summed E-state index contributed by atoms with van der Waals surface area (Å²) in [6, 6.07) is 14.8. The number of carbonyl (C=O) groups excluding carboxylic acids is 5. The Balaban J connectivity index is 1.91. The summed E-state index contributed by atoms with van der Waals surface area (Å²) in [5, 5.41) is 15.6. The van der Waals surface area contributed by atoms with Gasteiger partial charge >= 0.3 is 0 Å². The van der Waals surface area contributed by atoms with Gasteiger partial charge in [0.2, 0.25) is 23.6 Å². The second-order valence-corrected chi connectivity index (χ2v) is 14.9. The number of nitrogens with zero attached hydrogens (tertiary/aromatic N) is 3. The summed E-state index contributed by atoms with van der Waals surface area (Å²) in [5.41, 5.74) is 33.9. The third-order valence-corrected chi connectivity index (χ3v) is 9.41. The van der Waals surface area contributed by atoms with Crippen LogP contribution in [0.1, 0.15) is 69.2 Å². The highest BCUT2D eigenvalue weighted by Gasteiger charge is 2.32. The lowest BCUT2D eigenvalue weighted by Gasteiger charge is -2.27. The van der Waals surface area contributed by atoms with Crippen molar-refractivity contribution in [2.75, 3.05) is 32.1 Å². The second-order valence-electron chi connectivity index (χ2n) is 14.9. The van der Waals surface area contributed by atoms with Gasteiger partial charge in [-0.1, -0.05) is 56.3 Å². The summed E-state index contributed by atoms with van der Waals surface area (Å²) in [4.78, 5) is 81.3. The number of hydrogen-bond acceptors (Lipinski definition) is 9. The normalized spacial score (nSPS) is 12.7. The average molecular weight is 859 g/mol. The first-order valence-corrected chi connectivity index (χ1v) is 20.4. The highest BCUT2D eigenvalue weighted by molar-refractivity contribution is 6.02. The Labute approximate surface area is 361 Å². The molecule has 17 N–H and O–H groups in total. The van der Waals surface area contributed by atoms with Gasteiger partial charge in [0.1, 0.15) is 29.9 Å². The Morgan fingerprint density at radius 1 is 0.581 bits per heavy atom. The van der Waals surface area contributed by atoms with Crippen LogP contribution in [0.3, 0.4) is 0 Å². The molecule has 0 aliphatic heterocycles. The third-order valence-electron chi connectivity index (χ3n) is 9.41. The van der Waals surface area contributed by atoms with Crippen LogP contribution < -0.4 is 65.7 Å². The summed E-state index contributed by atoms with van der Waals surface area (Å²) in [7, 11) is 1.52. The van der Waals surface area contributed by atoms with Crippen LogP contribution in [0, 0.1) is 5.92 Å². The molecule has 20 nitrogen and oxygen atoms in total. The van der Waals surface area contributed by atoms with Gasteiger partial charge < -0.3 is 65.7 Å². The number of fused-ring (bicyclic) bond motifs is 1. The van der Waals surface area contributed by atoms with Gasteiger partial charge in [-0.25, -0.2) is 0 Å². The highest BCUT2D eigenvalue weighted by atomic mass is 16.5. The zero-order chi connectivity index (χ0) is 45.6. The maximum Gasteiger partial charge on any atom is 0.251 e. The summed E-state index contributed by atoms with van der Waals surface area (Å²) in [6.45, 7) is 4.24. The molecule has 336 valence electrons. The molecular formula is C42H62N14O6. The van der Waals surface area contributed by atoms with Crippen LogP contribution in [-0.4, -0.2) is 98.3 Å². The van der Waals surface area contributed by atoms with E-state index in [1.165, 1.54) is 7.11 Å². The first-order chi connectivity index (χ1) is 29.6. The molecule has 0 aliphatic carbocycles. The zero-order valence-electron chi connectivity index (χ0n) is 35.6. The van der Waals surface area contributed by atoms with E-state index < -0.39 is 53.7 Å². The van der Waals surface area contributed by atoms with E-state index >= 15 is 0 Å². The molecular weight excluding hydrogens is 797 g/mol. The predicted octanol–water partition coefficient (Wildman–Crippen LogP) is 0.247. The molecule has 5 amide bonds. The van der Waals surface area contributed by atoms with Crippen LogP contribution in [0.4, 0.5) is 5.69 Å². The van der Waals surface area contributed by atoms with Crippen molar-refractivity contribution in [1.29, 1.82) is 0 Å². The lowest BCUT2D eigenvalue weighted by molar-refractivity contribution is -0.133. The van der Waals surface area contributed by atoms with Gasteiger partial charge in [0.25, 0.3) is 5.91 Å². The van der Waals surface area contributed by atoms with Gasteiger partial charge in [-0.15, -0.1) is 0 Å². The van der Waals surface area contributed by atoms with Crippen molar-refractivity contribution in [3.8, 4) is 5.75 Å². The third kappa shape index (κ3) is 17.2. The highest BCUT2D eigenvalue weighted by Crippen LogP contribution is 2.30. The molecule has 0 unspecified atom stereocenters. The molecule has 62 heavy (non-hydrogen) atoms. The molecule has 0 fully saturated rings. The number of nitrogens with two attached hydrogens (primary N) is 6. The van der Waals surface area contributed by atoms with Crippen molar-refractivity contribution in [2.45, 2.75) is 83.0 Å². The summed E-state index contributed by atoms with van der Waals surface area (Å²) < 4.78 is 5.57. The van der Waals surface area contributed by atoms with E-state index in [1.807, 2.05) is 38.1 Å². The molecule has 20 heteroatoms. The first kappa shape index (κ1) is 49.2. The van der Waals surface area contributed by atoms with E-state index in [0.29, 0.717) is 23.4 Å². The number of methoxy groups -OCH3 is 1. The fourth-order valence-electron chi connectivity index (χ4n) is 6.41. The van der Waals surface area contributed by atoms with Crippen LogP contribution in [-0.2, 0) is 19.2 Å². The van der Waals surface area contributed by atoms with Crippen LogP contribution >= 0.6 is 0 Å². The maximum atomic E-state index is 14.2. The smallest absolute Gasteiger partial charge is 0.251 e. The quantitative estimate of drug-likeness (QED) is 0.0310. The van der Waals surface area contributed by atoms with E-state index in [-0.39, 0.29) is 82.0 Å². The summed E-state index contributed by atoms with van der Waals surface area (Å²) >= 11 is 0. The monoisotopic (exact) mass is 858 g/mol. The van der Waals surface area contributed by atoms with Gasteiger partial charge in [0.05, 0.1) is 7.11 Å². The van der Waals surface area contributed by atoms with E-state index in [2.05, 4.69) is 41.6 Å². The molecule has 3 aromatic carbocycles. The Bertz CT molecular complexity index is 2050. The Hall–Kier alpha value is -7.12. The fraction of sp³-hybridized carbons (Fsp3) is 0.429. The van der Waals surface area contributed by atoms with Crippen molar-refractivity contribution in [2.24, 2.45) is 55.3 Å². The minimum Gasteiger partial charge on any atom is -0.496 e. The van der Waals surface area contributed by atoms with Crippen molar-refractivity contribution < 1.29 is 28.7 Å². The summed E-state index contributed by atoms with van der Waals surface area (Å²) in [5.74, 6) is -2.94. The predicted molar refractivity (Wildman–Crippen MR) is 242 cm³/mol. The van der Waals surface area contributed by atoms with Crippen LogP contribution in [0.15, 0.2) is 81.7 Å². The standard InChI is InChI=1S/C42H62N14O6/c1-25(2)22-33(56-35(57)26-12-5-4-6-13-26)39(61)55-32(18-11-21-51-42(47)48)38(60)54-31(17-10-20-50-41(45)46)37(59)53-30(16-9-19-49-40(43)44)36(58)52-28-23-27-14-7-8-15-29(27)34(24-28)62-3/h4-8,12-15,23-25,30-33H,9-11,16-22H2,1-3H3,(H,52,58)(H,53,59)(H,54,60)(H,55,61)(H,56,57)(H4,43,44,49)(H4,45,46,50)(H4,47,48,51)/t30-,31-,32-,33-/m0/s1. The molecule has 0 aromatic heterocycles. The van der Waals surface area contributed by atoms with Crippen LogP contribution in [0.25, 0.3) is 10.8 Å². The Morgan fingerprint density at radius 3 is 1.50 bits per heavy atom. The lowest BCUT2D eigenvalue weighted by atomic mass is 10.0. The topological polar surface area (TPSA) is 348 Å². The van der Waals surface area contributed by atoms with Gasteiger partial charge in [-0.05, 0) is 74.4 Å². The molecule has 0 bridgehead atoms. The molecule has 0 aliphatic rings. The van der Waals surface area contributed by atoms with Crippen molar-refractivity contribution in [3.05, 3.63) is 72.3 Å². The lowest BCUT2D eigenvalue weighted by Crippen LogP contribution is -2.58. The van der Waals surface area contributed by atoms with Crippen LogP contribution in [0.5, 0.6) is 5.75 Å². The number of benzene rings is 3. The molecule has 0 saturated carbocycles. The minimum absolute atomic E-state index is 0.0119. The summed E-state index contributed by atoms with van der Waals surface area (Å²) in [6.07, 6.45) is 1.29. The molecule has 3 aromatic rings. The van der Waals surface area contributed by atoms with E-state index in [0.717, 1.165) is 10.8 Å². The van der Waals surface area contributed by atoms with Crippen molar-refractivity contribution >= 4 is 63.9 Å². The molecule has 0 radical (unpaired) electrons. The number of amides is 5. The van der Waals surface area contributed by atoms with Gasteiger partial charge in [-0.3, -0.25) is 38.9 Å². The number of carbonyl (C=O) groups is 5. The van der Waals surface area contributed by atoms with Crippen molar-refractivity contribution in [3.63, 3.8) is 0 Å². The molecule has 0 heterocycles. The number of anilines is 1. The number of hydrogen-bond donors (Lipinski definition) is 11. The SMILES string of the molecule is COc1cc(NC(=O)[C@H](CCCN=C(N)N)NC(=O)[C@H](CCCN=C(N)N)NC(=O)[C@H](CCCN=C(N)N)NC(=O)[C@H](CC(C)C)NC(=O)c2ccccc2)cc2ccccc12. The van der Waals surface area contributed by atoms with E-state index in [9.17, 15) is 24.0 Å². The number of aliphatic imine (C=N–C) groups is 3. The molecule has 4 atom stereocenters. The second kappa shape index (κ2) is 25.5. The van der Waals surface area contributed by atoms with Crippen LogP contribution in [0.2, 0.25) is 0 Å². The van der Waals surface area contributed by atoms with E-state index in [1.54, 1.807) is 42.5 Å². The number of nitrogens with one attached hydrogen (secondary N) is 5. The molecule has 0 spiro atoms. The molecule has 3 rings (SSSR count). The Kier molecular flexibility index (Phi) is 20.2. The van der Waals surface area contributed by atoms with E-state index in [4.69, 9.17) is 39.1 Å². The largest absolute Gasteiger partial charge is 0.496 e. The average Bonchev–Trinajstić information content (AvgIpc) is 3.23.